The van der Waals surface area contributed by atoms with Crippen molar-refractivity contribution in [1.82, 2.24) is 9.80 Å². The summed E-state index contributed by atoms with van der Waals surface area (Å²) < 4.78 is 0. The van der Waals surface area contributed by atoms with Gasteiger partial charge in [-0.05, 0) is 59.3 Å². The largest absolute Gasteiger partial charge is 0.336 e. The molecule has 4 rings (SSSR count). The number of imide groups is 1. The number of benzene rings is 1. The first kappa shape index (κ1) is 18.0. The van der Waals surface area contributed by atoms with Crippen molar-refractivity contribution >= 4 is 46.2 Å². The number of rotatable bonds is 3. The van der Waals surface area contributed by atoms with Crippen LogP contribution in [-0.4, -0.2) is 39.9 Å². The van der Waals surface area contributed by atoms with Gasteiger partial charge in [0.25, 0.3) is 11.1 Å². The van der Waals surface area contributed by atoms with Crippen LogP contribution in [0.25, 0.3) is 6.08 Å². The number of amides is 3. The van der Waals surface area contributed by atoms with Gasteiger partial charge >= 0.3 is 0 Å². The van der Waals surface area contributed by atoms with Gasteiger partial charge in [0.15, 0.2) is 0 Å². The third kappa shape index (κ3) is 3.57. The SMILES string of the molecule is Cc1ccsc1/C=C1/SC(=O)N(CC(=O)N2CCc3ccccc3C2)C1=O. The van der Waals surface area contributed by atoms with E-state index in [9.17, 15) is 14.4 Å². The fraction of sp³-hybridized carbons (Fsp3) is 0.250. The molecular weight excluding hydrogens is 380 g/mol. The van der Waals surface area contributed by atoms with E-state index >= 15 is 0 Å². The highest BCUT2D eigenvalue weighted by atomic mass is 32.2. The average molecular weight is 399 g/mol. The fourth-order valence-electron chi connectivity index (χ4n) is 3.23. The highest BCUT2D eigenvalue weighted by molar-refractivity contribution is 8.18. The molecule has 2 aliphatic heterocycles. The van der Waals surface area contributed by atoms with Crippen molar-refractivity contribution < 1.29 is 14.4 Å². The van der Waals surface area contributed by atoms with Crippen LogP contribution in [-0.2, 0) is 22.6 Å². The second-order valence-electron chi connectivity index (χ2n) is 6.57. The monoisotopic (exact) mass is 398 g/mol. The van der Waals surface area contributed by atoms with Gasteiger partial charge in [-0.15, -0.1) is 11.3 Å². The Labute approximate surface area is 165 Å². The van der Waals surface area contributed by atoms with E-state index in [1.54, 1.807) is 11.0 Å². The van der Waals surface area contributed by atoms with Crippen LogP contribution in [0.1, 0.15) is 21.6 Å². The van der Waals surface area contributed by atoms with E-state index in [2.05, 4.69) is 6.07 Å². The molecule has 0 bridgehead atoms. The lowest BCUT2D eigenvalue weighted by Crippen LogP contribution is -2.44. The molecule has 138 valence electrons. The normalized spacial score (nSPS) is 18.3. The lowest BCUT2D eigenvalue weighted by Gasteiger charge is -2.29. The maximum absolute atomic E-state index is 12.7. The molecule has 0 saturated carbocycles. The third-order valence-corrected chi connectivity index (χ3v) is 6.69. The first-order chi connectivity index (χ1) is 13.0. The van der Waals surface area contributed by atoms with Crippen LogP contribution < -0.4 is 0 Å². The zero-order valence-electron chi connectivity index (χ0n) is 14.8. The molecule has 3 heterocycles. The molecule has 2 aliphatic rings. The first-order valence-corrected chi connectivity index (χ1v) is 10.4. The molecule has 0 N–H and O–H groups in total. The molecule has 3 amide bonds. The van der Waals surface area contributed by atoms with Crippen molar-refractivity contribution in [3.05, 3.63) is 62.2 Å². The predicted octanol–water partition coefficient (Wildman–Crippen LogP) is 3.68. The molecule has 0 radical (unpaired) electrons. The number of thioether (sulfide) groups is 1. The summed E-state index contributed by atoms with van der Waals surface area (Å²) in [6.45, 7) is 2.89. The number of hydrogen-bond donors (Lipinski definition) is 0. The lowest BCUT2D eigenvalue weighted by molar-refractivity contribution is -0.136. The quantitative estimate of drug-likeness (QED) is 0.740. The molecule has 0 atom stereocenters. The van der Waals surface area contributed by atoms with E-state index in [-0.39, 0.29) is 23.6 Å². The van der Waals surface area contributed by atoms with E-state index in [0.29, 0.717) is 18.0 Å². The minimum absolute atomic E-state index is 0.194. The summed E-state index contributed by atoms with van der Waals surface area (Å²) in [6.07, 6.45) is 2.54. The van der Waals surface area contributed by atoms with E-state index in [1.165, 1.54) is 16.9 Å². The van der Waals surface area contributed by atoms with Gasteiger partial charge in [-0.1, -0.05) is 24.3 Å². The second-order valence-corrected chi connectivity index (χ2v) is 8.51. The molecule has 27 heavy (non-hydrogen) atoms. The molecule has 7 heteroatoms. The molecule has 1 aromatic heterocycles. The number of hydrogen-bond acceptors (Lipinski definition) is 5. The third-order valence-electron chi connectivity index (χ3n) is 4.81. The summed E-state index contributed by atoms with van der Waals surface area (Å²) in [6, 6.07) is 10.0. The van der Waals surface area contributed by atoms with Gasteiger partial charge in [-0.25, -0.2) is 0 Å². The standard InChI is InChI=1S/C20H18N2O3S2/c1-13-7-9-26-16(13)10-17-19(24)22(20(25)27-17)12-18(23)21-8-6-14-4-2-3-5-15(14)11-21/h2-5,7,9-10H,6,8,11-12H2,1H3/b17-10+. The highest BCUT2D eigenvalue weighted by Crippen LogP contribution is 2.34. The maximum Gasteiger partial charge on any atom is 0.294 e. The zero-order chi connectivity index (χ0) is 19.0. The van der Waals surface area contributed by atoms with Crippen molar-refractivity contribution in [2.75, 3.05) is 13.1 Å². The van der Waals surface area contributed by atoms with Crippen LogP contribution >= 0.6 is 23.1 Å². The van der Waals surface area contributed by atoms with Crippen LogP contribution in [0.4, 0.5) is 4.79 Å². The Kier molecular flexibility index (Phi) is 4.88. The van der Waals surface area contributed by atoms with Gasteiger partial charge in [0.05, 0.1) is 4.91 Å². The average Bonchev–Trinajstić information content (AvgIpc) is 3.19. The van der Waals surface area contributed by atoms with Crippen LogP contribution in [0.15, 0.2) is 40.6 Å². The van der Waals surface area contributed by atoms with Gasteiger partial charge in [0.2, 0.25) is 5.91 Å². The van der Waals surface area contributed by atoms with E-state index in [1.807, 2.05) is 36.6 Å². The van der Waals surface area contributed by atoms with Crippen molar-refractivity contribution in [3.63, 3.8) is 0 Å². The molecule has 0 spiro atoms. The van der Waals surface area contributed by atoms with Crippen molar-refractivity contribution in [3.8, 4) is 0 Å². The Bertz CT molecular complexity index is 964. The maximum atomic E-state index is 12.7. The second kappa shape index (κ2) is 7.32. The Hall–Kier alpha value is -2.38. The Balaban J connectivity index is 1.46. The minimum atomic E-state index is -0.386. The molecule has 5 nitrogen and oxygen atoms in total. The Morgan fingerprint density at radius 2 is 1.96 bits per heavy atom. The molecular formula is C20H18N2O3S2. The molecule has 1 fully saturated rings. The number of aryl methyl sites for hydroxylation is 1. The lowest BCUT2D eigenvalue weighted by atomic mass is 10.00. The first-order valence-electron chi connectivity index (χ1n) is 8.67. The van der Waals surface area contributed by atoms with Crippen LogP contribution in [0.2, 0.25) is 0 Å². The highest BCUT2D eigenvalue weighted by Gasteiger charge is 2.37. The fourth-order valence-corrected chi connectivity index (χ4v) is 4.98. The smallest absolute Gasteiger partial charge is 0.294 e. The van der Waals surface area contributed by atoms with Crippen LogP contribution in [0, 0.1) is 6.92 Å². The van der Waals surface area contributed by atoms with Crippen LogP contribution in [0.3, 0.4) is 0 Å². The van der Waals surface area contributed by atoms with Crippen molar-refractivity contribution in [1.29, 1.82) is 0 Å². The van der Waals surface area contributed by atoms with E-state index in [4.69, 9.17) is 0 Å². The molecule has 1 aromatic carbocycles. The molecule has 0 aliphatic carbocycles. The van der Waals surface area contributed by atoms with Gasteiger partial charge < -0.3 is 4.90 Å². The van der Waals surface area contributed by atoms with Gasteiger partial charge in [0, 0.05) is 18.0 Å². The van der Waals surface area contributed by atoms with E-state index < -0.39 is 0 Å². The van der Waals surface area contributed by atoms with Crippen molar-refractivity contribution in [2.45, 2.75) is 19.9 Å². The summed E-state index contributed by atoms with van der Waals surface area (Å²) in [5, 5.41) is 1.56. The van der Waals surface area contributed by atoms with Gasteiger partial charge in [-0.3, -0.25) is 19.3 Å². The Morgan fingerprint density at radius 3 is 2.70 bits per heavy atom. The summed E-state index contributed by atoms with van der Waals surface area (Å²) in [5.74, 6) is -0.580. The number of carbonyl (C=O) groups excluding carboxylic acids is 3. The topological polar surface area (TPSA) is 57.7 Å². The van der Waals surface area contributed by atoms with Crippen molar-refractivity contribution in [2.24, 2.45) is 0 Å². The predicted molar refractivity (Wildman–Crippen MR) is 107 cm³/mol. The number of nitrogens with zero attached hydrogens (tertiary/aromatic N) is 2. The number of fused-ring (bicyclic) bond motifs is 1. The van der Waals surface area contributed by atoms with E-state index in [0.717, 1.165) is 39.1 Å². The van der Waals surface area contributed by atoms with Gasteiger partial charge in [0.1, 0.15) is 6.54 Å². The number of thiophene rings is 1. The Morgan fingerprint density at radius 1 is 1.19 bits per heavy atom. The van der Waals surface area contributed by atoms with Crippen LogP contribution in [0.5, 0.6) is 0 Å². The minimum Gasteiger partial charge on any atom is -0.336 e. The summed E-state index contributed by atoms with van der Waals surface area (Å²) in [4.78, 5) is 41.7. The molecule has 0 unspecified atom stereocenters. The summed E-state index contributed by atoms with van der Waals surface area (Å²) in [7, 11) is 0. The summed E-state index contributed by atoms with van der Waals surface area (Å²) >= 11 is 2.42. The molecule has 2 aromatic rings. The number of carbonyl (C=O) groups is 3. The molecule has 1 saturated heterocycles. The zero-order valence-corrected chi connectivity index (χ0v) is 16.4. The summed E-state index contributed by atoms with van der Waals surface area (Å²) in [5.41, 5.74) is 3.44. The van der Waals surface area contributed by atoms with Gasteiger partial charge in [-0.2, -0.15) is 0 Å².